The second-order valence-corrected chi connectivity index (χ2v) is 4.20. The van der Waals surface area contributed by atoms with Gasteiger partial charge in [-0.1, -0.05) is 18.2 Å². The minimum absolute atomic E-state index is 0.0313. The van der Waals surface area contributed by atoms with E-state index in [-0.39, 0.29) is 12.5 Å². The van der Waals surface area contributed by atoms with Crippen LogP contribution in [0.1, 0.15) is 18.5 Å². The van der Waals surface area contributed by atoms with Crippen LogP contribution < -0.4 is 5.32 Å². The van der Waals surface area contributed by atoms with Gasteiger partial charge in [0.05, 0.1) is 11.2 Å². The van der Waals surface area contributed by atoms with Crippen LogP contribution in [-0.4, -0.2) is 22.6 Å². The highest BCUT2D eigenvalue weighted by atomic mass is 16.3. The molecule has 0 unspecified atom stereocenters. The van der Waals surface area contributed by atoms with Crippen molar-refractivity contribution in [2.75, 3.05) is 11.9 Å². The predicted molar refractivity (Wildman–Crippen MR) is 71.4 cm³/mol. The molecule has 1 heterocycles. The largest absolute Gasteiger partial charge is 0.396 e. The lowest BCUT2D eigenvalue weighted by molar-refractivity contribution is -0.116. The van der Waals surface area contributed by atoms with Gasteiger partial charge in [-0.25, -0.2) is 0 Å². The number of hydrogen-bond donors (Lipinski definition) is 2. The Morgan fingerprint density at radius 1 is 1.39 bits per heavy atom. The number of aromatic nitrogens is 1. The van der Waals surface area contributed by atoms with E-state index in [0.29, 0.717) is 12.8 Å². The van der Waals surface area contributed by atoms with Crippen molar-refractivity contribution in [3.05, 3.63) is 36.0 Å². The van der Waals surface area contributed by atoms with Crippen LogP contribution in [0.15, 0.2) is 30.3 Å². The molecule has 0 atom stereocenters. The van der Waals surface area contributed by atoms with Crippen molar-refractivity contribution in [1.29, 1.82) is 0 Å². The van der Waals surface area contributed by atoms with Gasteiger partial charge >= 0.3 is 0 Å². The van der Waals surface area contributed by atoms with Gasteiger partial charge in [0, 0.05) is 24.1 Å². The Labute approximate surface area is 106 Å². The van der Waals surface area contributed by atoms with Gasteiger partial charge in [-0.15, -0.1) is 0 Å². The molecule has 1 amide bonds. The zero-order chi connectivity index (χ0) is 13.0. The quantitative estimate of drug-likeness (QED) is 0.867. The number of rotatable bonds is 4. The van der Waals surface area contributed by atoms with Crippen LogP contribution in [0.25, 0.3) is 10.9 Å². The first kappa shape index (κ1) is 12.5. The molecule has 1 aromatic heterocycles. The minimum atomic E-state index is -0.0835. The molecule has 0 saturated carbocycles. The van der Waals surface area contributed by atoms with Gasteiger partial charge in [-0.2, -0.15) is 0 Å². The number of fused-ring (bicyclic) bond motifs is 1. The van der Waals surface area contributed by atoms with E-state index in [9.17, 15) is 4.79 Å². The van der Waals surface area contributed by atoms with Crippen LogP contribution >= 0.6 is 0 Å². The Hall–Kier alpha value is -1.94. The van der Waals surface area contributed by atoms with E-state index in [1.54, 1.807) is 0 Å². The third-order valence-electron chi connectivity index (χ3n) is 2.68. The van der Waals surface area contributed by atoms with Crippen LogP contribution in [0.3, 0.4) is 0 Å². The first-order valence-corrected chi connectivity index (χ1v) is 5.98. The van der Waals surface area contributed by atoms with Crippen LogP contribution in [0.2, 0.25) is 0 Å². The highest BCUT2D eigenvalue weighted by molar-refractivity contribution is 6.00. The Bertz CT molecular complexity index is 567. The van der Waals surface area contributed by atoms with Crippen LogP contribution in [0, 0.1) is 6.92 Å². The average Bonchev–Trinajstić information content (AvgIpc) is 2.36. The molecule has 0 bridgehead atoms. The van der Waals surface area contributed by atoms with Gasteiger partial charge in [0.2, 0.25) is 5.91 Å². The topological polar surface area (TPSA) is 62.2 Å². The fourth-order valence-corrected chi connectivity index (χ4v) is 1.86. The number of aryl methyl sites for hydroxylation is 1. The molecule has 1 aromatic carbocycles. The maximum absolute atomic E-state index is 11.7. The zero-order valence-electron chi connectivity index (χ0n) is 10.3. The van der Waals surface area contributed by atoms with Crippen molar-refractivity contribution < 1.29 is 9.90 Å². The number of amides is 1. The van der Waals surface area contributed by atoms with E-state index in [1.165, 1.54) is 0 Å². The number of para-hydroxylation sites is 1. The Kier molecular flexibility index (Phi) is 3.89. The van der Waals surface area contributed by atoms with E-state index in [1.807, 2.05) is 37.3 Å². The molecule has 18 heavy (non-hydrogen) atoms. The maximum Gasteiger partial charge on any atom is 0.224 e. The maximum atomic E-state index is 11.7. The van der Waals surface area contributed by atoms with E-state index in [0.717, 1.165) is 22.3 Å². The fraction of sp³-hybridized carbons (Fsp3) is 0.286. The van der Waals surface area contributed by atoms with E-state index >= 15 is 0 Å². The molecule has 0 saturated heterocycles. The van der Waals surface area contributed by atoms with Gasteiger partial charge < -0.3 is 10.4 Å². The summed E-state index contributed by atoms with van der Waals surface area (Å²) in [4.78, 5) is 16.1. The Morgan fingerprint density at radius 2 is 2.17 bits per heavy atom. The number of anilines is 1. The highest BCUT2D eigenvalue weighted by Gasteiger charge is 2.07. The van der Waals surface area contributed by atoms with Gasteiger partial charge in [0.15, 0.2) is 0 Å². The summed E-state index contributed by atoms with van der Waals surface area (Å²) in [6.07, 6.45) is 0.806. The molecular formula is C14H16N2O2. The molecular weight excluding hydrogens is 228 g/mol. The Morgan fingerprint density at radius 3 is 2.94 bits per heavy atom. The molecule has 0 aliphatic rings. The first-order valence-electron chi connectivity index (χ1n) is 5.98. The molecule has 2 aromatic rings. The van der Waals surface area contributed by atoms with E-state index < -0.39 is 0 Å². The second-order valence-electron chi connectivity index (χ2n) is 4.20. The summed E-state index contributed by atoms with van der Waals surface area (Å²) >= 11 is 0. The number of pyridine rings is 1. The SMILES string of the molecule is Cc1cc(NC(=O)CCCO)c2ccccc2n1. The number of aliphatic hydroxyl groups excluding tert-OH is 1. The molecule has 94 valence electrons. The van der Waals surface area contributed by atoms with Gasteiger partial charge in [0.1, 0.15) is 0 Å². The number of hydrogen-bond acceptors (Lipinski definition) is 3. The molecule has 4 heteroatoms. The fourth-order valence-electron chi connectivity index (χ4n) is 1.86. The summed E-state index contributed by atoms with van der Waals surface area (Å²) in [5, 5.41) is 12.5. The van der Waals surface area contributed by atoms with E-state index in [2.05, 4.69) is 10.3 Å². The zero-order valence-corrected chi connectivity index (χ0v) is 10.3. The molecule has 4 nitrogen and oxygen atoms in total. The van der Waals surface area contributed by atoms with Crippen molar-refractivity contribution in [2.45, 2.75) is 19.8 Å². The monoisotopic (exact) mass is 244 g/mol. The summed E-state index contributed by atoms with van der Waals surface area (Å²) in [6.45, 7) is 1.93. The summed E-state index contributed by atoms with van der Waals surface area (Å²) in [6, 6.07) is 9.56. The number of carbonyl (C=O) groups excluding carboxylic acids is 1. The summed E-state index contributed by atoms with van der Waals surface area (Å²) in [7, 11) is 0. The van der Waals surface area contributed by atoms with Crippen molar-refractivity contribution in [1.82, 2.24) is 4.98 Å². The van der Waals surface area contributed by atoms with Crippen LogP contribution in [-0.2, 0) is 4.79 Å². The van der Waals surface area contributed by atoms with Crippen molar-refractivity contribution in [3.63, 3.8) is 0 Å². The van der Waals surface area contributed by atoms with Gasteiger partial charge in [-0.05, 0) is 25.5 Å². The highest BCUT2D eigenvalue weighted by Crippen LogP contribution is 2.22. The van der Waals surface area contributed by atoms with Crippen LogP contribution in [0.5, 0.6) is 0 Å². The molecule has 0 radical (unpaired) electrons. The lowest BCUT2D eigenvalue weighted by atomic mass is 10.1. The molecule has 0 aliphatic carbocycles. The van der Waals surface area contributed by atoms with Crippen molar-refractivity contribution >= 4 is 22.5 Å². The number of benzene rings is 1. The molecule has 0 fully saturated rings. The average molecular weight is 244 g/mol. The lowest BCUT2D eigenvalue weighted by Crippen LogP contribution is -2.12. The molecule has 2 rings (SSSR count). The first-order chi connectivity index (χ1) is 8.70. The molecule has 0 spiro atoms. The van der Waals surface area contributed by atoms with Gasteiger partial charge in [-0.3, -0.25) is 9.78 Å². The van der Waals surface area contributed by atoms with Crippen molar-refractivity contribution in [3.8, 4) is 0 Å². The molecule has 2 N–H and O–H groups in total. The number of nitrogens with zero attached hydrogens (tertiary/aromatic N) is 1. The summed E-state index contributed by atoms with van der Waals surface area (Å²) in [5.74, 6) is -0.0835. The molecule has 0 aliphatic heterocycles. The predicted octanol–water partition coefficient (Wildman–Crippen LogP) is 2.25. The third kappa shape index (κ3) is 2.84. The summed E-state index contributed by atoms with van der Waals surface area (Å²) < 4.78 is 0. The van der Waals surface area contributed by atoms with Crippen molar-refractivity contribution in [2.24, 2.45) is 0 Å². The standard InChI is InChI=1S/C14H16N2O2/c1-10-9-13(16-14(18)7-4-8-17)11-5-2-3-6-12(11)15-10/h2-3,5-6,9,17H,4,7-8H2,1H3,(H,15,16,18). The number of nitrogens with one attached hydrogen (secondary N) is 1. The summed E-state index contributed by atoms with van der Waals surface area (Å²) in [5.41, 5.74) is 2.52. The van der Waals surface area contributed by atoms with Crippen LogP contribution in [0.4, 0.5) is 5.69 Å². The number of aliphatic hydroxyl groups is 1. The Balaban J connectivity index is 2.29. The van der Waals surface area contributed by atoms with Gasteiger partial charge in [0.25, 0.3) is 0 Å². The third-order valence-corrected chi connectivity index (χ3v) is 2.68. The second kappa shape index (κ2) is 5.60. The minimum Gasteiger partial charge on any atom is -0.396 e. The smallest absolute Gasteiger partial charge is 0.224 e. The lowest BCUT2D eigenvalue weighted by Gasteiger charge is -2.09. The normalized spacial score (nSPS) is 10.6. The number of carbonyl (C=O) groups is 1. The van der Waals surface area contributed by atoms with E-state index in [4.69, 9.17) is 5.11 Å².